The van der Waals surface area contributed by atoms with E-state index in [1.165, 1.54) is 0 Å². The van der Waals surface area contributed by atoms with Crippen LogP contribution in [0.3, 0.4) is 0 Å². The van der Waals surface area contributed by atoms with E-state index in [9.17, 15) is 4.79 Å². The lowest BCUT2D eigenvalue weighted by Crippen LogP contribution is -2.17. The Bertz CT molecular complexity index is 561. The number of H-pyrrole nitrogens is 1. The highest BCUT2D eigenvalue weighted by Gasteiger charge is 2.08. The fraction of sp³-hybridized carbons (Fsp3) is 0.222. The molecule has 1 heterocycles. The SMILES string of the molecule is O=c1[nH]c2cc(Cl)c(Cl)cc2n1CCBr. The maximum Gasteiger partial charge on any atom is 0.326 e. The van der Waals surface area contributed by atoms with Gasteiger partial charge in [-0.15, -0.1) is 0 Å². The lowest BCUT2D eigenvalue weighted by Gasteiger charge is -2.00. The van der Waals surface area contributed by atoms with Gasteiger partial charge in [0.2, 0.25) is 0 Å². The molecule has 0 saturated carbocycles. The molecule has 0 aliphatic heterocycles. The van der Waals surface area contributed by atoms with Crippen LogP contribution in [0.15, 0.2) is 16.9 Å². The van der Waals surface area contributed by atoms with Crippen molar-refractivity contribution < 1.29 is 0 Å². The molecule has 1 N–H and O–H groups in total. The van der Waals surface area contributed by atoms with Crippen molar-refractivity contribution in [3.8, 4) is 0 Å². The quantitative estimate of drug-likeness (QED) is 0.851. The van der Waals surface area contributed by atoms with Gasteiger partial charge in [0.15, 0.2) is 0 Å². The van der Waals surface area contributed by atoms with Crippen LogP contribution >= 0.6 is 39.1 Å². The van der Waals surface area contributed by atoms with E-state index in [1.54, 1.807) is 16.7 Å². The third kappa shape index (κ3) is 1.94. The molecular formula is C9H7BrCl2N2O. The Kier molecular flexibility index (Phi) is 3.09. The molecule has 0 aliphatic carbocycles. The van der Waals surface area contributed by atoms with E-state index < -0.39 is 0 Å². The number of alkyl halides is 1. The maximum atomic E-state index is 11.6. The molecule has 0 saturated heterocycles. The number of nitrogens with zero attached hydrogens (tertiary/aromatic N) is 1. The summed E-state index contributed by atoms with van der Waals surface area (Å²) in [5, 5.41) is 1.60. The van der Waals surface area contributed by atoms with Gasteiger partial charge in [0.05, 0.1) is 21.1 Å². The Balaban J connectivity index is 2.76. The van der Waals surface area contributed by atoms with E-state index in [0.29, 0.717) is 27.4 Å². The first-order chi connectivity index (χ1) is 7.13. The summed E-state index contributed by atoms with van der Waals surface area (Å²) in [5.41, 5.74) is 1.33. The van der Waals surface area contributed by atoms with Crippen LogP contribution in [0.25, 0.3) is 11.0 Å². The van der Waals surface area contributed by atoms with Gasteiger partial charge in [0.25, 0.3) is 0 Å². The lowest BCUT2D eigenvalue weighted by atomic mass is 10.3. The van der Waals surface area contributed by atoms with Crippen LogP contribution in [0.1, 0.15) is 0 Å². The maximum absolute atomic E-state index is 11.6. The molecule has 2 aromatic rings. The summed E-state index contributed by atoms with van der Waals surface area (Å²) in [6, 6.07) is 3.35. The number of aromatic amines is 1. The Hall–Kier alpha value is -0.450. The van der Waals surface area contributed by atoms with E-state index in [4.69, 9.17) is 23.2 Å². The van der Waals surface area contributed by atoms with Crippen LogP contribution in [0.4, 0.5) is 0 Å². The van der Waals surface area contributed by atoms with Crippen LogP contribution in [0, 0.1) is 0 Å². The van der Waals surface area contributed by atoms with Crippen molar-refractivity contribution >= 4 is 50.2 Å². The van der Waals surface area contributed by atoms with E-state index >= 15 is 0 Å². The first kappa shape index (κ1) is 11.0. The molecule has 1 aromatic heterocycles. The first-order valence-corrected chi connectivity index (χ1v) is 6.14. The summed E-state index contributed by atoms with van der Waals surface area (Å²) in [5.74, 6) is 0. The number of rotatable bonds is 2. The van der Waals surface area contributed by atoms with Crippen LogP contribution in [-0.4, -0.2) is 14.9 Å². The Labute approximate surface area is 104 Å². The molecule has 0 aliphatic rings. The van der Waals surface area contributed by atoms with Crippen molar-refractivity contribution in [3.05, 3.63) is 32.7 Å². The van der Waals surface area contributed by atoms with Gasteiger partial charge in [-0.05, 0) is 12.1 Å². The van der Waals surface area contributed by atoms with Crippen LogP contribution in [0.2, 0.25) is 10.0 Å². The summed E-state index contributed by atoms with van der Waals surface area (Å²) in [6.45, 7) is 0.594. The summed E-state index contributed by atoms with van der Waals surface area (Å²) >= 11 is 15.0. The van der Waals surface area contributed by atoms with Gasteiger partial charge in [0, 0.05) is 11.9 Å². The Morgan fingerprint density at radius 2 is 2.00 bits per heavy atom. The lowest BCUT2D eigenvalue weighted by molar-refractivity contribution is 0.765. The second-order valence-electron chi connectivity index (χ2n) is 3.05. The Morgan fingerprint density at radius 1 is 1.33 bits per heavy atom. The second-order valence-corrected chi connectivity index (χ2v) is 4.66. The van der Waals surface area contributed by atoms with Crippen molar-refractivity contribution in [2.75, 3.05) is 5.33 Å². The zero-order chi connectivity index (χ0) is 11.0. The van der Waals surface area contributed by atoms with E-state index in [2.05, 4.69) is 20.9 Å². The van der Waals surface area contributed by atoms with E-state index in [0.717, 1.165) is 5.52 Å². The smallest absolute Gasteiger partial charge is 0.305 e. The monoisotopic (exact) mass is 308 g/mol. The number of hydrogen-bond acceptors (Lipinski definition) is 1. The third-order valence-corrected chi connectivity index (χ3v) is 3.20. The first-order valence-electron chi connectivity index (χ1n) is 4.27. The van der Waals surface area contributed by atoms with Gasteiger partial charge >= 0.3 is 5.69 Å². The second kappa shape index (κ2) is 4.20. The molecule has 0 unspecified atom stereocenters. The van der Waals surface area contributed by atoms with Crippen molar-refractivity contribution in [1.82, 2.24) is 9.55 Å². The molecule has 1 aromatic carbocycles. The number of imidazole rings is 1. The van der Waals surface area contributed by atoms with Gasteiger partial charge in [-0.25, -0.2) is 4.79 Å². The fourth-order valence-electron chi connectivity index (χ4n) is 1.46. The van der Waals surface area contributed by atoms with Gasteiger partial charge in [-0.3, -0.25) is 4.57 Å². The predicted molar refractivity (Wildman–Crippen MR) is 66.4 cm³/mol. The number of hydrogen-bond donors (Lipinski definition) is 1. The summed E-state index contributed by atoms with van der Waals surface area (Å²) in [7, 11) is 0. The van der Waals surface area contributed by atoms with Gasteiger partial charge in [-0.2, -0.15) is 0 Å². The standard InChI is InChI=1S/C9H7BrCl2N2O/c10-1-2-14-8-4-6(12)5(11)3-7(8)13-9(14)15/h3-4H,1-2H2,(H,13,15). The minimum absolute atomic E-state index is 0.150. The molecule has 0 bridgehead atoms. The van der Waals surface area contributed by atoms with Gasteiger partial charge in [0.1, 0.15) is 0 Å². The minimum Gasteiger partial charge on any atom is -0.305 e. The molecule has 6 heteroatoms. The molecule has 0 atom stereocenters. The molecule has 0 fully saturated rings. The van der Waals surface area contributed by atoms with Gasteiger partial charge in [-0.1, -0.05) is 39.1 Å². The van der Waals surface area contributed by atoms with Crippen LogP contribution in [0.5, 0.6) is 0 Å². The predicted octanol–water partition coefficient (Wildman–Crippen LogP) is 3.03. The highest BCUT2D eigenvalue weighted by molar-refractivity contribution is 9.09. The fourth-order valence-corrected chi connectivity index (χ4v) is 2.13. The number of nitrogens with one attached hydrogen (secondary N) is 1. The zero-order valence-electron chi connectivity index (χ0n) is 7.56. The van der Waals surface area contributed by atoms with E-state index in [-0.39, 0.29) is 5.69 Å². The molecular weight excluding hydrogens is 303 g/mol. The summed E-state index contributed by atoms with van der Waals surface area (Å²) < 4.78 is 1.62. The topological polar surface area (TPSA) is 37.8 Å². The zero-order valence-corrected chi connectivity index (χ0v) is 10.7. The number of aromatic nitrogens is 2. The summed E-state index contributed by atoms with van der Waals surface area (Å²) in [4.78, 5) is 14.3. The average molecular weight is 310 g/mol. The number of benzene rings is 1. The molecule has 0 amide bonds. The number of fused-ring (bicyclic) bond motifs is 1. The van der Waals surface area contributed by atoms with Crippen molar-refractivity contribution in [2.45, 2.75) is 6.54 Å². The molecule has 3 nitrogen and oxygen atoms in total. The molecule has 80 valence electrons. The minimum atomic E-state index is -0.150. The molecule has 15 heavy (non-hydrogen) atoms. The largest absolute Gasteiger partial charge is 0.326 e. The Morgan fingerprint density at radius 3 is 2.67 bits per heavy atom. The summed E-state index contributed by atoms with van der Waals surface area (Å²) in [6.07, 6.45) is 0. The van der Waals surface area contributed by atoms with Gasteiger partial charge < -0.3 is 4.98 Å². The highest BCUT2D eigenvalue weighted by Crippen LogP contribution is 2.26. The number of aryl methyl sites for hydroxylation is 1. The third-order valence-electron chi connectivity index (χ3n) is 2.12. The van der Waals surface area contributed by atoms with Crippen LogP contribution < -0.4 is 5.69 Å². The van der Waals surface area contributed by atoms with E-state index in [1.807, 2.05) is 0 Å². The normalized spacial score (nSPS) is 11.1. The van der Waals surface area contributed by atoms with Crippen molar-refractivity contribution in [2.24, 2.45) is 0 Å². The molecule has 2 rings (SSSR count). The van der Waals surface area contributed by atoms with Crippen LogP contribution in [-0.2, 0) is 6.54 Å². The molecule has 0 radical (unpaired) electrons. The average Bonchev–Trinajstić information content (AvgIpc) is 2.46. The molecule has 0 spiro atoms. The van der Waals surface area contributed by atoms with Crippen molar-refractivity contribution in [1.29, 1.82) is 0 Å². The van der Waals surface area contributed by atoms with Crippen molar-refractivity contribution in [3.63, 3.8) is 0 Å². The highest BCUT2D eigenvalue weighted by atomic mass is 79.9. The number of halogens is 3.